The predicted octanol–water partition coefficient (Wildman–Crippen LogP) is 1.67. The SMILES string of the molecule is CCCn1nccc1C(O)C(C)(C)N(C)C. The summed E-state index contributed by atoms with van der Waals surface area (Å²) in [7, 11) is 3.95. The second-order valence-corrected chi connectivity index (χ2v) is 4.93. The van der Waals surface area contributed by atoms with Gasteiger partial charge < -0.3 is 10.0 Å². The molecule has 1 heterocycles. The molecule has 16 heavy (non-hydrogen) atoms. The van der Waals surface area contributed by atoms with Crippen molar-refractivity contribution < 1.29 is 5.11 Å². The average molecular weight is 225 g/mol. The average Bonchev–Trinajstić information content (AvgIpc) is 2.65. The van der Waals surface area contributed by atoms with Crippen LogP contribution in [-0.2, 0) is 6.54 Å². The zero-order valence-corrected chi connectivity index (χ0v) is 10.9. The van der Waals surface area contributed by atoms with Crippen molar-refractivity contribution in [1.82, 2.24) is 14.7 Å². The molecule has 1 rings (SSSR count). The summed E-state index contributed by atoms with van der Waals surface area (Å²) in [6.07, 6.45) is 2.24. The molecule has 4 heteroatoms. The van der Waals surface area contributed by atoms with Crippen molar-refractivity contribution in [3.8, 4) is 0 Å². The van der Waals surface area contributed by atoms with E-state index in [1.54, 1.807) is 6.20 Å². The van der Waals surface area contributed by atoms with Crippen molar-refractivity contribution in [3.63, 3.8) is 0 Å². The zero-order chi connectivity index (χ0) is 12.3. The number of aliphatic hydroxyl groups excluding tert-OH is 1. The Kier molecular flexibility index (Phi) is 4.10. The van der Waals surface area contributed by atoms with E-state index in [1.165, 1.54) is 0 Å². The highest BCUT2D eigenvalue weighted by atomic mass is 16.3. The molecule has 0 spiro atoms. The van der Waals surface area contributed by atoms with E-state index in [0.717, 1.165) is 18.7 Å². The lowest BCUT2D eigenvalue weighted by atomic mass is 9.93. The predicted molar refractivity (Wildman–Crippen MR) is 65.2 cm³/mol. The Morgan fingerprint density at radius 2 is 2.12 bits per heavy atom. The van der Waals surface area contributed by atoms with Crippen molar-refractivity contribution in [2.45, 2.75) is 45.4 Å². The Morgan fingerprint density at radius 3 is 2.62 bits per heavy atom. The molecule has 1 N–H and O–H groups in total. The molecular weight excluding hydrogens is 202 g/mol. The topological polar surface area (TPSA) is 41.3 Å². The molecule has 0 aromatic carbocycles. The van der Waals surface area contributed by atoms with E-state index in [9.17, 15) is 5.11 Å². The minimum absolute atomic E-state index is 0.300. The number of rotatable bonds is 5. The molecule has 0 saturated carbocycles. The number of aliphatic hydroxyl groups is 1. The van der Waals surface area contributed by atoms with Crippen LogP contribution in [0.1, 0.15) is 39.0 Å². The van der Waals surface area contributed by atoms with Crippen molar-refractivity contribution in [2.24, 2.45) is 0 Å². The third-order valence-electron chi connectivity index (χ3n) is 3.29. The van der Waals surface area contributed by atoms with Crippen LogP contribution in [0.25, 0.3) is 0 Å². The quantitative estimate of drug-likeness (QED) is 0.828. The van der Waals surface area contributed by atoms with Gasteiger partial charge in [0.25, 0.3) is 0 Å². The van der Waals surface area contributed by atoms with Crippen LogP contribution in [-0.4, -0.2) is 39.4 Å². The Labute approximate surface area is 97.9 Å². The van der Waals surface area contributed by atoms with Gasteiger partial charge in [-0.2, -0.15) is 5.10 Å². The summed E-state index contributed by atoms with van der Waals surface area (Å²) in [5.41, 5.74) is 0.589. The highest BCUT2D eigenvalue weighted by Crippen LogP contribution is 2.29. The van der Waals surface area contributed by atoms with Crippen LogP contribution in [0.2, 0.25) is 0 Å². The molecule has 4 nitrogen and oxygen atoms in total. The molecule has 92 valence electrons. The highest BCUT2D eigenvalue weighted by Gasteiger charge is 2.33. The van der Waals surface area contributed by atoms with Crippen molar-refractivity contribution in [3.05, 3.63) is 18.0 Å². The number of likely N-dealkylation sites (N-methyl/N-ethyl adjacent to an activating group) is 1. The molecule has 1 aromatic heterocycles. The smallest absolute Gasteiger partial charge is 0.113 e. The highest BCUT2D eigenvalue weighted by molar-refractivity contribution is 5.10. The fourth-order valence-electron chi connectivity index (χ4n) is 1.58. The molecule has 0 aliphatic carbocycles. The van der Waals surface area contributed by atoms with Gasteiger partial charge in [-0.3, -0.25) is 4.68 Å². The molecule has 0 fully saturated rings. The minimum Gasteiger partial charge on any atom is -0.385 e. The summed E-state index contributed by atoms with van der Waals surface area (Å²) in [6.45, 7) is 7.01. The van der Waals surface area contributed by atoms with E-state index in [1.807, 2.05) is 43.6 Å². The fourth-order valence-corrected chi connectivity index (χ4v) is 1.58. The Hall–Kier alpha value is -0.870. The first-order valence-corrected chi connectivity index (χ1v) is 5.78. The molecule has 0 aliphatic rings. The fraction of sp³-hybridized carbons (Fsp3) is 0.750. The first-order chi connectivity index (χ1) is 7.41. The van der Waals surface area contributed by atoms with E-state index in [4.69, 9.17) is 0 Å². The molecule has 0 bridgehead atoms. The summed E-state index contributed by atoms with van der Waals surface area (Å²) >= 11 is 0. The number of hydrogen-bond donors (Lipinski definition) is 1. The molecule has 0 saturated heterocycles. The van der Waals surface area contributed by atoms with Gasteiger partial charge in [0, 0.05) is 18.3 Å². The van der Waals surface area contributed by atoms with Crippen molar-refractivity contribution >= 4 is 0 Å². The van der Waals surface area contributed by atoms with Gasteiger partial charge in [0.05, 0.1) is 5.69 Å². The molecule has 1 atom stereocenters. The van der Waals surface area contributed by atoms with Gasteiger partial charge in [0.15, 0.2) is 0 Å². The lowest BCUT2D eigenvalue weighted by Crippen LogP contribution is -2.44. The van der Waals surface area contributed by atoms with Crippen LogP contribution in [0.5, 0.6) is 0 Å². The summed E-state index contributed by atoms with van der Waals surface area (Å²) < 4.78 is 1.88. The maximum atomic E-state index is 10.4. The van der Waals surface area contributed by atoms with Gasteiger partial charge in [-0.1, -0.05) is 6.92 Å². The van der Waals surface area contributed by atoms with Gasteiger partial charge >= 0.3 is 0 Å². The summed E-state index contributed by atoms with van der Waals surface area (Å²) in [4.78, 5) is 2.03. The van der Waals surface area contributed by atoms with Crippen LogP contribution in [0.15, 0.2) is 12.3 Å². The van der Waals surface area contributed by atoms with E-state index in [-0.39, 0.29) is 5.54 Å². The number of hydrogen-bond acceptors (Lipinski definition) is 3. The van der Waals surface area contributed by atoms with Crippen LogP contribution in [0, 0.1) is 0 Å². The molecule has 0 radical (unpaired) electrons. The molecular formula is C12H23N3O. The van der Waals surface area contributed by atoms with Gasteiger partial charge in [-0.25, -0.2) is 0 Å². The van der Waals surface area contributed by atoms with Crippen LogP contribution in [0.3, 0.4) is 0 Å². The van der Waals surface area contributed by atoms with Crippen LogP contribution >= 0.6 is 0 Å². The standard InChI is InChI=1S/C12H23N3O/c1-6-9-15-10(7-8-13-15)11(16)12(2,3)14(4)5/h7-8,11,16H,6,9H2,1-5H3. The minimum atomic E-state index is -0.531. The van der Waals surface area contributed by atoms with Crippen molar-refractivity contribution in [1.29, 1.82) is 0 Å². The van der Waals surface area contributed by atoms with E-state index in [2.05, 4.69) is 12.0 Å². The van der Waals surface area contributed by atoms with E-state index < -0.39 is 6.10 Å². The molecule has 1 aromatic rings. The van der Waals surface area contributed by atoms with Crippen LogP contribution in [0.4, 0.5) is 0 Å². The van der Waals surface area contributed by atoms with Gasteiger partial charge in [-0.05, 0) is 40.4 Å². The maximum absolute atomic E-state index is 10.4. The lowest BCUT2D eigenvalue weighted by molar-refractivity contribution is 0.0106. The second-order valence-electron chi connectivity index (χ2n) is 4.93. The van der Waals surface area contributed by atoms with Gasteiger partial charge in [0.1, 0.15) is 6.10 Å². The normalized spacial score (nSPS) is 14.4. The largest absolute Gasteiger partial charge is 0.385 e. The lowest BCUT2D eigenvalue weighted by Gasteiger charge is -2.37. The molecule has 0 amide bonds. The first kappa shape index (κ1) is 13.2. The van der Waals surface area contributed by atoms with Gasteiger partial charge in [0.2, 0.25) is 0 Å². The van der Waals surface area contributed by atoms with Crippen molar-refractivity contribution in [2.75, 3.05) is 14.1 Å². The second kappa shape index (κ2) is 4.97. The Bertz CT molecular complexity index is 331. The van der Waals surface area contributed by atoms with Gasteiger partial charge in [-0.15, -0.1) is 0 Å². The third-order valence-corrected chi connectivity index (χ3v) is 3.29. The summed E-state index contributed by atoms with van der Waals surface area (Å²) in [5.74, 6) is 0. The number of aromatic nitrogens is 2. The van der Waals surface area contributed by atoms with E-state index in [0.29, 0.717) is 0 Å². The molecule has 1 unspecified atom stereocenters. The van der Waals surface area contributed by atoms with E-state index >= 15 is 0 Å². The number of nitrogens with zero attached hydrogens (tertiary/aromatic N) is 3. The number of aryl methyl sites for hydroxylation is 1. The zero-order valence-electron chi connectivity index (χ0n) is 10.9. The third kappa shape index (κ3) is 2.44. The Balaban J connectivity index is 2.95. The Morgan fingerprint density at radius 1 is 1.50 bits per heavy atom. The summed E-state index contributed by atoms with van der Waals surface area (Å²) in [6, 6.07) is 1.89. The maximum Gasteiger partial charge on any atom is 0.113 e. The van der Waals surface area contributed by atoms with Crippen LogP contribution < -0.4 is 0 Å². The first-order valence-electron chi connectivity index (χ1n) is 5.78. The monoisotopic (exact) mass is 225 g/mol. The summed E-state index contributed by atoms with van der Waals surface area (Å²) in [5, 5.41) is 14.7. The molecule has 0 aliphatic heterocycles.